The summed E-state index contributed by atoms with van der Waals surface area (Å²) in [6, 6.07) is 12.1. The summed E-state index contributed by atoms with van der Waals surface area (Å²) in [6.45, 7) is 5.23. The quantitative estimate of drug-likeness (QED) is 0.417. The molecule has 0 spiro atoms. The molecule has 0 aliphatic carbocycles. The number of carbonyl (C=O) groups is 2. The molecule has 11 nitrogen and oxygen atoms in total. The molecule has 3 rings (SSSR count). The number of nitro benzene ring substituents is 1. The minimum Gasteiger partial charge on any atom is -0.495 e. The molecule has 0 unspecified atom stereocenters. The van der Waals surface area contributed by atoms with Crippen LogP contribution in [0.15, 0.2) is 54.7 Å². The van der Waals surface area contributed by atoms with Crippen LogP contribution in [0.2, 0.25) is 0 Å². The van der Waals surface area contributed by atoms with Crippen molar-refractivity contribution in [1.82, 2.24) is 9.78 Å². The molecule has 2 amide bonds. The molecule has 0 bridgehead atoms. The van der Waals surface area contributed by atoms with E-state index in [0.29, 0.717) is 22.8 Å². The van der Waals surface area contributed by atoms with Crippen molar-refractivity contribution in [3.05, 3.63) is 70.5 Å². The molecule has 11 heteroatoms. The highest BCUT2D eigenvalue weighted by atomic mass is 16.6. The van der Waals surface area contributed by atoms with Crippen LogP contribution in [0.25, 0.3) is 5.69 Å². The van der Waals surface area contributed by atoms with Crippen molar-refractivity contribution in [2.75, 3.05) is 17.7 Å². The van der Waals surface area contributed by atoms with Gasteiger partial charge in [0.1, 0.15) is 11.4 Å². The van der Waals surface area contributed by atoms with Gasteiger partial charge in [0, 0.05) is 24.0 Å². The molecule has 0 atom stereocenters. The lowest BCUT2D eigenvalue weighted by molar-refractivity contribution is -0.384. The molecule has 0 aliphatic heterocycles. The van der Waals surface area contributed by atoms with Gasteiger partial charge < -0.3 is 14.8 Å². The first-order chi connectivity index (χ1) is 15.6. The molecule has 1 heterocycles. The van der Waals surface area contributed by atoms with Gasteiger partial charge in [-0.2, -0.15) is 5.10 Å². The normalized spacial score (nSPS) is 10.9. The first-order valence-electron chi connectivity index (χ1n) is 9.85. The Labute approximate surface area is 189 Å². The van der Waals surface area contributed by atoms with Crippen LogP contribution in [-0.4, -0.2) is 39.4 Å². The number of nitrogens with one attached hydrogen (secondary N) is 2. The minimum atomic E-state index is -0.679. The summed E-state index contributed by atoms with van der Waals surface area (Å²) in [7, 11) is 1.45. The predicted molar refractivity (Wildman–Crippen MR) is 121 cm³/mol. The van der Waals surface area contributed by atoms with E-state index in [9.17, 15) is 19.7 Å². The highest BCUT2D eigenvalue weighted by molar-refractivity contribution is 6.03. The van der Waals surface area contributed by atoms with E-state index >= 15 is 0 Å². The number of aromatic nitrogens is 2. The molecule has 33 heavy (non-hydrogen) atoms. The maximum absolute atomic E-state index is 12.7. The zero-order valence-electron chi connectivity index (χ0n) is 18.5. The fourth-order valence-electron chi connectivity index (χ4n) is 2.83. The first kappa shape index (κ1) is 23.3. The number of nitrogens with zero attached hydrogens (tertiary/aromatic N) is 3. The van der Waals surface area contributed by atoms with Gasteiger partial charge in [0.05, 0.1) is 23.4 Å². The summed E-state index contributed by atoms with van der Waals surface area (Å²) in [6.07, 6.45) is 0.859. The van der Waals surface area contributed by atoms with E-state index in [1.165, 1.54) is 48.3 Å². The van der Waals surface area contributed by atoms with Crippen molar-refractivity contribution in [2.24, 2.45) is 0 Å². The van der Waals surface area contributed by atoms with E-state index in [-0.39, 0.29) is 11.4 Å². The third-order valence-electron chi connectivity index (χ3n) is 4.22. The van der Waals surface area contributed by atoms with Gasteiger partial charge in [-0.25, -0.2) is 9.48 Å². The number of non-ortho nitro benzene ring substituents is 1. The summed E-state index contributed by atoms with van der Waals surface area (Å²) in [5, 5.41) is 20.5. The van der Waals surface area contributed by atoms with Crippen LogP contribution >= 0.6 is 0 Å². The third kappa shape index (κ3) is 6.06. The highest BCUT2D eigenvalue weighted by Gasteiger charge is 2.18. The molecule has 0 radical (unpaired) electrons. The molecule has 0 saturated carbocycles. The van der Waals surface area contributed by atoms with Crippen molar-refractivity contribution in [3.8, 4) is 11.4 Å². The monoisotopic (exact) mass is 453 g/mol. The largest absolute Gasteiger partial charge is 0.495 e. The van der Waals surface area contributed by atoms with Gasteiger partial charge in [0.25, 0.3) is 11.6 Å². The maximum Gasteiger partial charge on any atom is 0.412 e. The van der Waals surface area contributed by atoms with Crippen LogP contribution < -0.4 is 15.4 Å². The molecule has 0 fully saturated rings. The fraction of sp³-hybridized carbons (Fsp3) is 0.227. The number of rotatable bonds is 6. The molecule has 0 saturated heterocycles. The van der Waals surface area contributed by atoms with Gasteiger partial charge in [-0.15, -0.1) is 0 Å². The number of anilines is 2. The number of methoxy groups -OCH3 is 1. The third-order valence-corrected chi connectivity index (χ3v) is 4.22. The van der Waals surface area contributed by atoms with Crippen molar-refractivity contribution in [3.63, 3.8) is 0 Å². The van der Waals surface area contributed by atoms with E-state index in [1.807, 2.05) is 0 Å². The van der Waals surface area contributed by atoms with Crippen LogP contribution in [0.3, 0.4) is 0 Å². The summed E-state index contributed by atoms with van der Waals surface area (Å²) < 4.78 is 11.9. The lowest BCUT2D eigenvalue weighted by Gasteiger charge is -2.20. The average Bonchev–Trinajstić information content (AvgIpc) is 3.23. The van der Waals surface area contributed by atoms with Gasteiger partial charge in [-0.1, -0.05) is 6.07 Å². The number of ether oxygens (including phenoxy) is 2. The summed E-state index contributed by atoms with van der Waals surface area (Å²) in [5.41, 5.74) is 0.470. The van der Waals surface area contributed by atoms with Crippen molar-refractivity contribution in [2.45, 2.75) is 26.4 Å². The lowest BCUT2D eigenvalue weighted by atomic mass is 10.2. The summed E-state index contributed by atoms with van der Waals surface area (Å²) in [5.74, 6) is -0.124. The van der Waals surface area contributed by atoms with Gasteiger partial charge in [-0.05, 0) is 51.1 Å². The van der Waals surface area contributed by atoms with E-state index in [2.05, 4.69) is 15.7 Å². The Kier molecular flexibility index (Phi) is 6.61. The molecule has 2 aromatic carbocycles. The average molecular weight is 453 g/mol. The molecule has 3 aromatic rings. The standard InChI is InChI=1S/C22H23N5O6/c1-22(2,3)33-21(29)24-18-12-14(8-9-19(18)32-4)23-20(28)17-10-11-26(25-17)15-6-5-7-16(13-15)27(30)31/h5-13H,1-4H3,(H,23,28)(H,24,29). The van der Waals surface area contributed by atoms with E-state index < -0.39 is 22.5 Å². The van der Waals surface area contributed by atoms with E-state index in [0.717, 1.165) is 0 Å². The van der Waals surface area contributed by atoms with Gasteiger partial charge in [0.2, 0.25) is 0 Å². The van der Waals surface area contributed by atoms with Gasteiger partial charge in [0.15, 0.2) is 5.69 Å². The Hall–Kier alpha value is -4.41. The number of hydrogen-bond donors (Lipinski definition) is 2. The molecule has 172 valence electrons. The second-order valence-electron chi connectivity index (χ2n) is 7.92. The fourth-order valence-corrected chi connectivity index (χ4v) is 2.83. The van der Waals surface area contributed by atoms with Crippen LogP contribution in [0.4, 0.5) is 21.9 Å². The maximum atomic E-state index is 12.7. The SMILES string of the molecule is COc1ccc(NC(=O)c2ccn(-c3cccc([N+](=O)[O-])c3)n2)cc1NC(=O)OC(C)(C)C. The topological polar surface area (TPSA) is 138 Å². The number of benzene rings is 2. The Morgan fingerprint density at radius 2 is 1.85 bits per heavy atom. The van der Waals surface area contributed by atoms with Crippen LogP contribution in [0.5, 0.6) is 5.75 Å². The van der Waals surface area contributed by atoms with Crippen molar-refractivity contribution >= 4 is 29.1 Å². The summed E-state index contributed by atoms with van der Waals surface area (Å²) in [4.78, 5) is 35.3. The molecule has 2 N–H and O–H groups in total. The van der Waals surface area contributed by atoms with Gasteiger partial charge >= 0.3 is 6.09 Å². The van der Waals surface area contributed by atoms with E-state index in [1.54, 1.807) is 39.0 Å². The Morgan fingerprint density at radius 1 is 1.09 bits per heavy atom. The molecule has 1 aromatic heterocycles. The zero-order valence-corrected chi connectivity index (χ0v) is 18.5. The van der Waals surface area contributed by atoms with Crippen molar-refractivity contribution in [1.29, 1.82) is 0 Å². The zero-order chi connectivity index (χ0) is 24.2. The Balaban J connectivity index is 1.76. The number of carbonyl (C=O) groups excluding carboxylic acids is 2. The smallest absolute Gasteiger partial charge is 0.412 e. The predicted octanol–water partition coefficient (Wildman–Crippen LogP) is 4.39. The first-order valence-corrected chi connectivity index (χ1v) is 9.85. The van der Waals surface area contributed by atoms with Crippen LogP contribution in [-0.2, 0) is 4.74 Å². The van der Waals surface area contributed by atoms with E-state index in [4.69, 9.17) is 9.47 Å². The number of nitro groups is 1. The molecular weight excluding hydrogens is 430 g/mol. The van der Waals surface area contributed by atoms with Crippen LogP contribution in [0.1, 0.15) is 31.3 Å². The van der Waals surface area contributed by atoms with Crippen LogP contribution in [0, 0.1) is 10.1 Å². The van der Waals surface area contributed by atoms with Gasteiger partial charge in [-0.3, -0.25) is 20.2 Å². The number of amides is 2. The number of hydrogen-bond acceptors (Lipinski definition) is 7. The Morgan fingerprint density at radius 3 is 2.52 bits per heavy atom. The second-order valence-corrected chi connectivity index (χ2v) is 7.92. The molecular formula is C22H23N5O6. The second kappa shape index (κ2) is 9.39. The van der Waals surface area contributed by atoms with Crippen molar-refractivity contribution < 1.29 is 24.0 Å². The highest BCUT2D eigenvalue weighted by Crippen LogP contribution is 2.28. The Bertz CT molecular complexity index is 1200. The minimum absolute atomic E-state index is 0.0859. The lowest BCUT2D eigenvalue weighted by Crippen LogP contribution is -2.27. The summed E-state index contributed by atoms with van der Waals surface area (Å²) >= 11 is 0. The molecule has 0 aliphatic rings.